The summed E-state index contributed by atoms with van der Waals surface area (Å²) >= 11 is 0. The van der Waals surface area contributed by atoms with E-state index in [1.165, 1.54) is 0 Å². The molecule has 0 radical (unpaired) electrons. The Labute approximate surface area is 183 Å². The number of urea groups is 1. The van der Waals surface area contributed by atoms with Gasteiger partial charge >= 0.3 is 6.03 Å². The van der Waals surface area contributed by atoms with E-state index < -0.39 is 5.54 Å². The van der Waals surface area contributed by atoms with E-state index >= 15 is 0 Å². The van der Waals surface area contributed by atoms with Gasteiger partial charge in [-0.1, -0.05) is 49.2 Å². The number of benzene rings is 2. The van der Waals surface area contributed by atoms with Crippen molar-refractivity contribution in [2.45, 2.75) is 37.8 Å². The third kappa shape index (κ3) is 4.93. The Hall–Kier alpha value is -3.22. The highest BCUT2D eigenvalue weighted by molar-refractivity contribution is 5.91. The number of piperazine rings is 1. The van der Waals surface area contributed by atoms with Crippen LogP contribution in [0.1, 0.15) is 31.2 Å². The van der Waals surface area contributed by atoms with E-state index in [9.17, 15) is 14.7 Å². The molecule has 4 rings (SSSR count). The zero-order valence-corrected chi connectivity index (χ0v) is 17.7. The van der Waals surface area contributed by atoms with Crippen molar-refractivity contribution in [3.8, 4) is 5.75 Å². The number of aromatic hydroxyl groups is 1. The van der Waals surface area contributed by atoms with Crippen molar-refractivity contribution < 1.29 is 14.7 Å². The molecule has 0 aromatic heterocycles. The fraction of sp³-hybridized carbons (Fsp3) is 0.417. The number of rotatable bonds is 5. The van der Waals surface area contributed by atoms with Crippen molar-refractivity contribution in [2.24, 2.45) is 0 Å². The second-order valence-electron chi connectivity index (χ2n) is 8.38. The van der Waals surface area contributed by atoms with Crippen LogP contribution in [-0.4, -0.2) is 53.7 Å². The molecule has 0 unspecified atom stereocenters. The first-order valence-electron chi connectivity index (χ1n) is 11.0. The van der Waals surface area contributed by atoms with Crippen molar-refractivity contribution in [2.75, 3.05) is 31.1 Å². The topological polar surface area (TPSA) is 84.9 Å². The molecule has 3 N–H and O–H groups in total. The molecular weight excluding hydrogens is 392 g/mol. The van der Waals surface area contributed by atoms with Crippen LogP contribution >= 0.6 is 0 Å². The Kier molecular flexibility index (Phi) is 6.30. The summed E-state index contributed by atoms with van der Waals surface area (Å²) in [5.41, 5.74) is 1.17. The van der Waals surface area contributed by atoms with Gasteiger partial charge in [-0.3, -0.25) is 4.79 Å². The van der Waals surface area contributed by atoms with Crippen LogP contribution in [0.15, 0.2) is 54.6 Å². The minimum Gasteiger partial charge on any atom is -0.508 e. The predicted molar refractivity (Wildman–Crippen MR) is 120 cm³/mol. The number of carbonyl (C=O) groups excluding carboxylic acids is 2. The van der Waals surface area contributed by atoms with Gasteiger partial charge in [-0.05, 0) is 30.5 Å². The average molecular weight is 423 g/mol. The predicted octanol–water partition coefficient (Wildman–Crippen LogP) is 2.85. The van der Waals surface area contributed by atoms with Crippen molar-refractivity contribution in [3.63, 3.8) is 0 Å². The second kappa shape index (κ2) is 9.29. The minimum absolute atomic E-state index is 0.0235. The van der Waals surface area contributed by atoms with Crippen LogP contribution in [0.3, 0.4) is 0 Å². The molecule has 1 heterocycles. The Morgan fingerprint density at radius 1 is 0.935 bits per heavy atom. The molecule has 7 heteroatoms. The van der Waals surface area contributed by atoms with E-state index in [2.05, 4.69) is 15.5 Å². The van der Waals surface area contributed by atoms with Gasteiger partial charge in [0.25, 0.3) is 0 Å². The van der Waals surface area contributed by atoms with Crippen LogP contribution in [0.5, 0.6) is 5.75 Å². The summed E-state index contributed by atoms with van der Waals surface area (Å²) in [5.74, 6) is 0.266. The number of hydrogen-bond acceptors (Lipinski definition) is 4. The summed E-state index contributed by atoms with van der Waals surface area (Å²) in [7, 11) is 0. The van der Waals surface area contributed by atoms with Gasteiger partial charge in [-0.15, -0.1) is 0 Å². The molecule has 1 saturated carbocycles. The maximum Gasteiger partial charge on any atom is 0.315 e. The number of anilines is 1. The normalized spacial score (nSPS) is 17.9. The van der Waals surface area contributed by atoms with E-state index in [4.69, 9.17) is 0 Å². The number of nitrogens with one attached hydrogen (secondary N) is 2. The number of hydrogen-bond donors (Lipinski definition) is 3. The minimum atomic E-state index is -0.812. The number of phenolic OH excluding ortho intramolecular Hbond substituents is 1. The lowest BCUT2D eigenvalue weighted by Crippen LogP contribution is -2.62. The van der Waals surface area contributed by atoms with E-state index in [-0.39, 0.29) is 17.7 Å². The van der Waals surface area contributed by atoms with Gasteiger partial charge in [0.05, 0.1) is 0 Å². The fourth-order valence-corrected chi connectivity index (χ4v) is 4.57. The number of carbonyl (C=O) groups is 2. The lowest BCUT2D eigenvalue weighted by atomic mass is 9.95. The zero-order chi connectivity index (χ0) is 21.7. The standard InChI is InChI=1S/C24H30N4O3/c29-21-10-6-9-20(17-21)27-13-15-28(16-14-27)22(30)24(11-4-5-12-24)26-23(31)25-18-19-7-2-1-3-8-19/h1-3,6-10,17,29H,4-5,11-16,18H2,(H2,25,26,31). The molecule has 2 aliphatic rings. The molecule has 31 heavy (non-hydrogen) atoms. The third-order valence-corrected chi connectivity index (χ3v) is 6.28. The van der Waals surface area contributed by atoms with Crippen molar-refractivity contribution >= 4 is 17.6 Å². The van der Waals surface area contributed by atoms with Crippen LogP contribution in [0.25, 0.3) is 0 Å². The maximum atomic E-state index is 13.5. The van der Waals surface area contributed by atoms with Gasteiger partial charge in [0.2, 0.25) is 5.91 Å². The summed E-state index contributed by atoms with van der Waals surface area (Å²) in [6.07, 6.45) is 3.23. The molecule has 2 fully saturated rings. The van der Waals surface area contributed by atoms with Crippen LogP contribution in [0, 0.1) is 0 Å². The molecular formula is C24H30N4O3. The fourth-order valence-electron chi connectivity index (χ4n) is 4.57. The van der Waals surface area contributed by atoms with Crippen molar-refractivity contribution in [1.82, 2.24) is 15.5 Å². The molecule has 0 bridgehead atoms. The lowest BCUT2D eigenvalue weighted by molar-refractivity contribution is -0.138. The average Bonchev–Trinajstić information content (AvgIpc) is 3.27. The number of nitrogens with zero attached hydrogens (tertiary/aromatic N) is 2. The molecule has 2 aromatic carbocycles. The van der Waals surface area contributed by atoms with Gasteiger partial charge in [0, 0.05) is 44.5 Å². The van der Waals surface area contributed by atoms with Crippen molar-refractivity contribution in [3.05, 3.63) is 60.2 Å². The highest BCUT2D eigenvalue weighted by Gasteiger charge is 2.45. The van der Waals surface area contributed by atoms with E-state index in [1.54, 1.807) is 12.1 Å². The first-order chi connectivity index (χ1) is 15.1. The summed E-state index contributed by atoms with van der Waals surface area (Å²) in [6, 6.07) is 16.6. The maximum absolute atomic E-state index is 13.5. The second-order valence-corrected chi connectivity index (χ2v) is 8.38. The smallest absolute Gasteiger partial charge is 0.315 e. The Bertz CT molecular complexity index is 904. The van der Waals surface area contributed by atoms with Crippen LogP contribution in [0.2, 0.25) is 0 Å². The molecule has 0 atom stereocenters. The molecule has 1 saturated heterocycles. The molecule has 1 aliphatic heterocycles. The molecule has 1 aliphatic carbocycles. The Morgan fingerprint density at radius 2 is 1.65 bits per heavy atom. The highest BCUT2D eigenvalue weighted by atomic mass is 16.3. The van der Waals surface area contributed by atoms with Gasteiger partial charge in [-0.25, -0.2) is 4.79 Å². The van der Waals surface area contributed by atoms with Gasteiger partial charge in [0.1, 0.15) is 11.3 Å². The Balaban J connectivity index is 1.35. The Morgan fingerprint density at radius 3 is 2.32 bits per heavy atom. The van der Waals surface area contributed by atoms with Crippen LogP contribution in [-0.2, 0) is 11.3 Å². The van der Waals surface area contributed by atoms with Gasteiger partial charge in [0.15, 0.2) is 0 Å². The van der Waals surface area contributed by atoms with E-state index in [1.807, 2.05) is 47.4 Å². The quantitative estimate of drug-likeness (QED) is 0.692. The van der Waals surface area contributed by atoms with E-state index in [0.29, 0.717) is 45.6 Å². The van der Waals surface area contributed by atoms with Gasteiger partial charge < -0.3 is 25.5 Å². The number of phenols is 1. The molecule has 3 amide bonds. The monoisotopic (exact) mass is 422 g/mol. The summed E-state index contributed by atoms with van der Waals surface area (Å²) in [4.78, 5) is 30.1. The molecule has 0 spiro atoms. The van der Waals surface area contributed by atoms with Crippen LogP contribution < -0.4 is 15.5 Å². The first kappa shape index (κ1) is 21.0. The van der Waals surface area contributed by atoms with Crippen LogP contribution in [0.4, 0.5) is 10.5 Å². The van der Waals surface area contributed by atoms with Gasteiger partial charge in [-0.2, -0.15) is 0 Å². The first-order valence-corrected chi connectivity index (χ1v) is 11.0. The highest BCUT2D eigenvalue weighted by Crippen LogP contribution is 2.32. The third-order valence-electron chi connectivity index (χ3n) is 6.28. The summed E-state index contributed by atoms with van der Waals surface area (Å²) in [5, 5.41) is 15.6. The summed E-state index contributed by atoms with van der Waals surface area (Å²) in [6.45, 7) is 3.03. The molecule has 164 valence electrons. The molecule has 7 nitrogen and oxygen atoms in total. The van der Waals surface area contributed by atoms with E-state index in [0.717, 1.165) is 24.1 Å². The lowest BCUT2D eigenvalue weighted by Gasteiger charge is -2.40. The largest absolute Gasteiger partial charge is 0.508 e. The molecule has 2 aromatic rings. The SMILES string of the molecule is O=C(NCc1ccccc1)NC1(C(=O)N2CCN(c3cccc(O)c3)CC2)CCCC1. The number of amides is 3. The van der Waals surface area contributed by atoms with Crippen molar-refractivity contribution in [1.29, 1.82) is 0 Å². The summed E-state index contributed by atoms with van der Waals surface area (Å²) < 4.78 is 0. The zero-order valence-electron chi connectivity index (χ0n) is 17.7.